The van der Waals surface area contributed by atoms with Crippen LogP contribution in [0.1, 0.15) is 57.4 Å². The Morgan fingerprint density at radius 2 is 1.77 bits per heavy atom. The molecule has 1 aliphatic rings. The van der Waals surface area contributed by atoms with E-state index in [0.29, 0.717) is 6.61 Å². The van der Waals surface area contributed by atoms with E-state index in [9.17, 15) is 9.59 Å². The second-order valence-corrected chi connectivity index (χ2v) is 8.69. The quantitative estimate of drug-likeness (QED) is 0.234. The van der Waals surface area contributed by atoms with Gasteiger partial charge in [-0.3, -0.25) is 9.59 Å². The van der Waals surface area contributed by atoms with E-state index < -0.39 is 0 Å². The Bertz CT molecular complexity index is 674. The van der Waals surface area contributed by atoms with Gasteiger partial charge in [0.15, 0.2) is 0 Å². The summed E-state index contributed by atoms with van der Waals surface area (Å²) in [6.45, 7) is 6.80. The summed E-state index contributed by atoms with van der Waals surface area (Å²) < 4.78 is 5.92. The molecule has 1 amide bonds. The summed E-state index contributed by atoms with van der Waals surface area (Å²) in [5.41, 5.74) is 1.37. The maximum absolute atomic E-state index is 12.6. The summed E-state index contributed by atoms with van der Waals surface area (Å²) in [6, 6.07) is 10.6. The molecule has 1 aromatic rings. The van der Waals surface area contributed by atoms with Gasteiger partial charge in [-0.15, -0.1) is 0 Å². The molecule has 1 heterocycles. The van der Waals surface area contributed by atoms with Gasteiger partial charge in [0.25, 0.3) is 0 Å². The van der Waals surface area contributed by atoms with Crippen molar-refractivity contribution in [2.45, 2.75) is 58.4 Å². The van der Waals surface area contributed by atoms with E-state index in [1.807, 2.05) is 11.0 Å². The number of ether oxygens (including phenoxy) is 1. The molecule has 1 unspecified atom stereocenters. The van der Waals surface area contributed by atoms with Gasteiger partial charge in [0, 0.05) is 25.5 Å². The van der Waals surface area contributed by atoms with Crippen molar-refractivity contribution < 1.29 is 18.8 Å². The maximum Gasteiger partial charge on any atom is 0.302 e. The number of likely N-dealkylation sites (N-methyl/N-ethyl adjacent to an activating group) is 1. The molecule has 0 spiro atoms. The van der Waals surface area contributed by atoms with Crippen LogP contribution in [-0.4, -0.2) is 61.1 Å². The van der Waals surface area contributed by atoms with Crippen molar-refractivity contribution in [1.82, 2.24) is 4.90 Å². The van der Waals surface area contributed by atoms with Crippen molar-refractivity contribution in [3.63, 3.8) is 0 Å². The number of benzene rings is 1. The van der Waals surface area contributed by atoms with Crippen molar-refractivity contribution in [3.05, 3.63) is 48.0 Å². The zero-order valence-corrected chi connectivity index (χ0v) is 18.9. The van der Waals surface area contributed by atoms with Crippen LogP contribution in [0, 0.1) is 0 Å². The minimum atomic E-state index is -0.200. The highest BCUT2D eigenvalue weighted by molar-refractivity contribution is 5.87. The molecule has 1 aromatic carbocycles. The Labute approximate surface area is 182 Å². The minimum Gasteiger partial charge on any atom is -0.466 e. The highest BCUT2D eigenvalue weighted by Crippen LogP contribution is 2.16. The molecule has 1 atom stereocenters. The fraction of sp³-hybridized carbons (Fsp3) is 0.600. The average molecular weight is 416 g/mol. The normalized spacial score (nSPS) is 19.6. The lowest BCUT2D eigenvalue weighted by molar-refractivity contribution is -0.920. The molecule has 0 N–H and O–H groups in total. The molecule has 166 valence electrons. The number of hydrogen-bond acceptors (Lipinski definition) is 3. The first-order valence-electron chi connectivity index (χ1n) is 11.4. The van der Waals surface area contributed by atoms with Gasteiger partial charge >= 0.3 is 5.97 Å². The fourth-order valence-electron chi connectivity index (χ4n) is 4.03. The molecule has 1 fully saturated rings. The minimum absolute atomic E-state index is 0.157. The summed E-state index contributed by atoms with van der Waals surface area (Å²) in [4.78, 5) is 25.3. The molecule has 0 radical (unpaired) electrons. The SMILES string of the molecule is CC(=O)OCCCCCCC/C=C/C(=O)N1CCC[N+](C)(Cc2ccccc2)CC1. The number of nitrogens with zero attached hydrogens (tertiary/aromatic N) is 2. The number of unbranched alkanes of at least 4 members (excludes halogenated alkanes) is 5. The van der Waals surface area contributed by atoms with E-state index in [-0.39, 0.29) is 11.9 Å². The second kappa shape index (κ2) is 13.2. The largest absolute Gasteiger partial charge is 0.466 e. The number of carbonyl (C=O) groups excluding carboxylic acids is 2. The Morgan fingerprint density at radius 3 is 2.53 bits per heavy atom. The van der Waals surface area contributed by atoms with Gasteiger partial charge in [0.05, 0.1) is 33.3 Å². The first-order valence-corrected chi connectivity index (χ1v) is 11.4. The van der Waals surface area contributed by atoms with Crippen LogP contribution in [0.15, 0.2) is 42.5 Å². The molecule has 0 bridgehead atoms. The highest BCUT2D eigenvalue weighted by atomic mass is 16.5. The van der Waals surface area contributed by atoms with Gasteiger partial charge in [-0.1, -0.05) is 55.7 Å². The molecule has 1 aliphatic heterocycles. The Hall–Kier alpha value is -2.14. The zero-order chi connectivity index (χ0) is 21.7. The predicted octanol–water partition coefficient (Wildman–Crippen LogP) is 4.33. The predicted molar refractivity (Wildman–Crippen MR) is 121 cm³/mol. The molecule has 2 rings (SSSR count). The lowest BCUT2D eigenvalue weighted by atomic mass is 10.1. The van der Waals surface area contributed by atoms with E-state index in [2.05, 4.69) is 37.4 Å². The summed E-state index contributed by atoms with van der Waals surface area (Å²) in [5, 5.41) is 0. The molecule has 30 heavy (non-hydrogen) atoms. The molecular weight excluding hydrogens is 376 g/mol. The third-order valence-corrected chi connectivity index (χ3v) is 5.84. The summed E-state index contributed by atoms with van der Waals surface area (Å²) in [5.74, 6) is -0.0430. The number of allylic oxidation sites excluding steroid dienone is 1. The number of amides is 1. The van der Waals surface area contributed by atoms with Crippen molar-refractivity contribution in [2.75, 3.05) is 39.8 Å². The van der Waals surface area contributed by atoms with Crippen LogP contribution < -0.4 is 0 Å². The molecule has 0 aliphatic carbocycles. The van der Waals surface area contributed by atoms with Crippen LogP contribution >= 0.6 is 0 Å². The van der Waals surface area contributed by atoms with Gasteiger partial charge in [-0.05, 0) is 25.3 Å². The smallest absolute Gasteiger partial charge is 0.302 e. The van der Waals surface area contributed by atoms with E-state index in [4.69, 9.17) is 4.74 Å². The molecular formula is C25H39N2O3+. The van der Waals surface area contributed by atoms with Crippen LogP contribution in [0.5, 0.6) is 0 Å². The Morgan fingerprint density at radius 1 is 1.03 bits per heavy atom. The number of rotatable bonds is 11. The van der Waals surface area contributed by atoms with Gasteiger partial charge in [-0.25, -0.2) is 0 Å². The van der Waals surface area contributed by atoms with Crippen molar-refractivity contribution in [1.29, 1.82) is 0 Å². The van der Waals surface area contributed by atoms with Gasteiger partial charge < -0.3 is 14.1 Å². The first kappa shape index (κ1) is 24.1. The number of quaternary nitrogens is 1. The van der Waals surface area contributed by atoms with Crippen LogP contribution in [0.2, 0.25) is 0 Å². The van der Waals surface area contributed by atoms with E-state index in [1.165, 1.54) is 12.5 Å². The van der Waals surface area contributed by atoms with Crippen LogP contribution in [-0.2, 0) is 20.9 Å². The number of hydrogen-bond donors (Lipinski definition) is 0. The van der Waals surface area contributed by atoms with E-state index in [0.717, 1.165) is 82.2 Å². The van der Waals surface area contributed by atoms with Gasteiger partial charge in [0.2, 0.25) is 5.91 Å². The Kier molecular flexibility index (Phi) is 10.6. The van der Waals surface area contributed by atoms with Crippen molar-refractivity contribution >= 4 is 11.9 Å². The lowest BCUT2D eigenvalue weighted by Gasteiger charge is -2.33. The zero-order valence-electron chi connectivity index (χ0n) is 18.9. The summed E-state index contributed by atoms with van der Waals surface area (Å²) in [7, 11) is 2.31. The molecule has 0 saturated carbocycles. The van der Waals surface area contributed by atoms with Gasteiger partial charge in [0.1, 0.15) is 6.54 Å². The van der Waals surface area contributed by atoms with Crippen LogP contribution in [0.4, 0.5) is 0 Å². The number of carbonyl (C=O) groups is 2. The Balaban J connectivity index is 1.62. The second-order valence-electron chi connectivity index (χ2n) is 8.69. The van der Waals surface area contributed by atoms with Crippen molar-refractivity contribution in [3.8, 4) is 0 Å². The standard InChI is InChI=1S/C25H39N2O3/c1-23(28)30-21-12-7-5-3-4-6-11-16-25(29)26-17-13-19-27(2,20-18-26)22-24-14-9-8-10-15-24/h8-11,14-16H,3-7,12-13,17-22H2,1-2H3/q+1/b16-11+. The molecule has 5 nitrogen and oxygen atoms in total. The maximum atomic E-state index is 12.6. The van der Waals surface area contributed by atoms with E-state index in [1.54, 1.807) is 6.08 Å². The molecule has 5 heteroatoms. The molecule has 1 saturated heterocycles. The fourth-order valence-corrected chi connectivity index (χ4v) is 4.03. The lowest BCUT2D eigenvalue weighted by Crippen LogP contribution is -2.46. The van der Waals surface area contributed by atoms with Crippen molar-refractivity contribution in [2.24, 2.45) is 0 Å². The average Bonchev–Trinajstić information content (AvgIpc) is 2.91. The summed E-state index contributed by atoms with van der Waals surface area (Å²) >= 11 is 0. The topological polar surface area (TPSA) is 46.6 Å². The van der Waals surface area contributed by atoms with Gasteiger partial charge in [-0.2, -0.15) is 0 Å². The third-order valence-electron chi connectivity index (χ3n) is 5.84. The van der Waals surface area contributed by atoms with Crippen LogP contribution in [0.25, 0.3) is 0 Å². The number of esters is 1. The van der Waals surface area contributed by atoms with Crippen LogP contribution in [0.3, 0.4) is 0 Å². The molecule has 0 aromatic heterocycles. The third kappa shape index (κ3) is 9.57. The van der Waals surface area contributed by atoms with E-state index >= 15 is 0 Å². The monoisotopic (exact) mass is 415 g/mol. The highest BCUT2D eigenvalue weighted by Gasteiger charge is 2.27. The summed E-state index contributed by atoms with van der Waals surface area (Å²) in [6.07, 6.45) is 11.2. The first-order chi connectivity index (χ1) is 14.5.